The lowest BCUT2D eigenvalue weighted by Gasteiger charge is -2.31. The van der Waals surface area contributed by atoms with E-state index in [4.69, 9.17) is 15.7 Å². The average Bonchev–Trinajstić information content (AvgIpc) is 3.17. The molecule has 0 spiro atoms. The van der Waals surface area contributed by atoms with Gasteiger partial charge in [0.25, 0.3) is 0 Å². The Bertz CT molecular complexity index is 489. The van der Waals surface area contributed by atoms with Crippen LogP contribution in [0, 0.1) is 17.2 Å². The maximum absolute atomic E-state index is 12.6. The minimum atomic E-state index is -0.473. The van der Waals surface area contributed by atoms with E-state index in [1.807, 2.05) is 0 Å². The van der Waals surface area contributed by atoms with E-state index in [-0.39, 0.29) is 42.7 Å². The molecule has 7 heteroatoms. The van der Waals surface area contributed by atoms with Crippen LogP contribution in [0.4, 0.5) is 0 Å². The number of carbonyl (C=O) groups is 2. The van der Waals surface area contributed by atoms with E-state index in [9.17, 15) is 9.59 Å². The van der Waals surface area contributed by atoms with Gasteiger partial charge in [-0.25, -0.2) is 0 Å². The molecule has 5 atom stereocenters. The van der Waals surface area contributed by atoms with Crippen LogP contribution in [0.5, 0.6) is 0 Å². The highest BCUT2D eigenvalue weighted by atomic mass is 16.5. The molecule has 2 bridgehead atoms. The average molecular weight is 292 g/mol. The molecule has 2 saturated heterocycles. The molecule has 3 rings (SSSR count). The Morgan fingerprint density at radius 2 is 2.24 bits per heavy atom. The van der Waals surface area contributed by atoms with Crippen LogP contribution in [0.15, 0.2) is 0 Å². The van der Waals surface area contributed by atoms with Gasteiger partial charge in [0.15, 0.2) is 0 Å². The Hall–Kier alpha value is -1.65. The number of amides is 2. The number of rotatable bonds is 4. The number of piperidine rings is 1. The van der Waals surface area contributed by atoms with E-state index < -0.39 is 5.91 Å². The van der Waals surface area contributed by atoms with Gasteiger partial charge in [0.1, 0.15) is 12.6 Å². The van der Waals surface area contributed by atoms with Crippen LogP contribution in [0.3, 0.4) is 0 Å². The van der Waals surface area contributed by atoms with Crippen molar-refractivity contribution >= 4 is 11.8 Å². The molecule has 0 radical (unpaired) electrons. The molecule has 114 valence electrons. The molecule has 3 aliphatic rings. The second-order valence-electron chi connectivity index (χ2n) is 6.12. The van der Waals surface area contributed by atoms with Gasteiger partial charge in [-0.3, -0.25) is 9.59 Å². The topological polar surface area (TPSA) is 108 Å². The first-order valence-electron chi connectivity index (χ1n) is 7.46. The Morgan fingerprint density at radius 3 is 2.86 bits per heavy atom. The third-order valence-corrected chi connectivity index (χ3v) is 4.80. The minimum Gasteiger partial charge on any atom is -0.368 e. The summed E-state index contributed by atoms with van der Waals surface area (Å²) >= 11 is 0. The van der Waals surface area contributed by atoms with E-state index in [2.05, 4.69) is 11.4 Å². The molecular weight excluding hydrogens is 272 g/mol. The van der Waals surface area contributed by atoms with Gasteiger partial charge in [0.2, 0.25) is 11.8 Å². The highest BCUT2D eigenvalue weighted by Crippen LogP contribution is 2.38. The summed E-state index contributed by atoms with van der Waals surface area (Å²) in [5.74, 6) is -0.209. The van der Waals surface area contributed by atoms with Crippen LogP contribution < -0.4 is 11.1 Å². The highest BCUT2D eigenvalue weighted by Gasteiger charge is 2.50. The van der Waals surface area contributed by atoms with E-state index in [0.717, 1.165) is 25.7 Å². The molecule has 0 aromatic rings. The Kier molecular flexibility index (Phi) is 3.83. The minimum absolute atomic E-state index is 0.0416. The molecule has 3 fully saturated rings. The van der Waals surface area contributed by atoms with Crippen molar-refractivity contribution in [1.29, 1.82) is 5.26 Å². The molecule has 21 heavy (non-hydrogen) atoms. The lowest BCUT2D eigenvalue weighted by molar-refractivity contribution is -0.136. The zero-order chi connectivity index (χ0) is 15.0. The number of nitrogens with zero attached hydrogens (tertiary/aromatic N) is 2. The van der Waals surface area contributed by atoms with Crippen LogP contribution in [0.1, 0.15) is 25.7 Å². The summed E-state index contributed by atoms with van der Waals surface area (Å²) in [6.45, 7) is 0.602. The van der Waals surface area contributed by atoms with Gasteiger partial charge in [-0.15, -0.1) is 0 Å². The zero-order valence-electron chi connectivity index (χ0n) is 11.8. The number of hydrogen-bond donors (Lipinski definition) is 2. The number of nitriles is 1. The number of fused-ring (bicyclic) bond motifs is 2. The molecule has 0 aromatic heterocycles. The molecular formula is C14H20N4O3. The van der Waals surface area contributed by atoms with Crippen molar-refractivity contribution in [3.63, 3.8) is 0 Å². The first-order valence-corrected chi connectivity index (χ1v) is 7.46. The summed E-state index contributed by atoms with van der Waals surface area (Å²) in [5.41, 5.74) is 5.08. The predicted molar refractivity (Wildman–Crippen MR) is 72.7 cm³/mol. The third-order valence-electron chi connectivity index (χ3n) is 4.80. The van der Waals surface area contributed by atoms with E-state index >= 15 is 0 Å². The maximum atomic E-state index is 12.6. The Morgan fingerprint density at radius 1 is 1.43 bits per heavy atom. The van der Waals surface area contributed by atoms with Crippen LogP contribution in [0.2, 0.25) is 0 Å². The second kappa shape index (κ2) is 5.62. The summed E-state index contributed by atoms with van der Waals surface area (Å²) in [7, 11) is 0. The van der Waals surface area contributed by atoms with Crippen molar-refractivity contribution in [2.45, 2.75) is 49.9 Å². The number of likely N-dealkylation sites (tertiary alicyclic amines) is 1. The normalized spacial score (nSPS) is 37.7. The quantitative estimate of drug-likeness (QED) is 0.699. The van der Waals surface area contributed by atoms with Gasteiger partial charge >= 0.3 is 0 Å². The number of nitrogens with two attached hydrogens (primary N) is 1. The molecule has 0 unspecified atom stereocenters. The zero-order valence-corrected chi connectivity index (χ0v) is 11.8. The molecule has 0 aromatic carbocycles. The van der Waals surface area contributed by atoms with Crippen LogP contribution in [0.25, 0.3) is 0 Å². The largest absolute Gasteiger partial charge is 0.368 e. The van der Waals surface area contributed by atoms with Crippen molar-refractivity contribution < 1.29 is 14.3 Å². The molecule has 1 saturated carbocycles. The molecule has 2 heterocycles. The molecule has 2 amide bonds. The molecule has 1 aliphatic carbocycles. The standard InChI is InChI=1S/C14H20N4O3/c15-6-9-2-1-3-18(9)14(20)13-8-4-10(17-13)11(5-8)21-7-12(16)19/h8-11,13,17H,1-5,7H2,(H2,16,19)/t8-,9+,10+,11-,13+/m1/s1. The fourth-order valence-corrected chi connectivity index (χ4v) is 3.84. The van der Waals surface area contributed by atoms with Gasteiger partial charge in [-0.1, -0.05) is 0 Å². The van der Waals surface area contributed by atoms with E-state index in [0.29, 0.717) is 6.54 Å². The Balaban J connectivity index is 1.58. The Labute approximate surface area is 123 Å². The lowest BCUT2D eigenvalue weighted by atomic mass is 9.97. The molecule has 3 N–H and O–H groups in total. The second-order valence-corrected chi connectivity index (χ2v) is 6.12. The first kappa shape index (κ1) is 14.3. The number of carbonyl (C=O) groups excluding carboxylic acids is 2. The van der Waals surface area contributed by atoms with Crippen molar-refractivity contribution in [1.82, 2.24) is 10.2 Å². The fourth-order valence-electron chi connectivity index (χ4n) is 3.84. The van der Waals surface area contributed by atoms with Crippen molar-refractivity contribution in [3.8, 4) is 6.07 Å². The summed E-state index contributed by atoms with van der Waals surface area (Å²) in [5, 5.41) is 12.4. The van der Waals surface area contributed by atoms with E-state index in [1.54, 1.807) is 4.90 Å². The molecule has 7 nitrogen and oxygen atoms in total. The van der Waals surface area contributed by atoms with Gasteiger partial charge in [-0.2, -0.15) is 5.26 Å². The highest BCUT2D eigenvalue weighted by molar-refractivity contribution is 5.84. The van der Waals surface area contributed by atoms with Gasteiger partial charge in [-0.05, 0) is 31.6 Å². The molecule has 2 aliphatic heterocycles. The van der Waals surface area contributed by atoms with Crippen molar-refractivity contribution in [2.24, 2.45) is 11.7 Å². The van der Waals surface area contributed by atoms with E-state index in [1.165, 1.54) is 0 Å². The SMILES string of the molecule is N#C[C@@H]1CCCN1C(=O)[C@H]1N[C@H]2C[C@@H]1C[C@H]2OCC(N)=O. The fraction of sp³-hybridized carbons (Fsp3) is 0.786. The number of hydrogen-bond acceptors (Lipinski definition) is 5. The number of primary amides is 1. The monoisotopic (exact) mass is 292 g/mol. The maximum Gasteiger partial charge on any atom is 0.243 e. The lowest BCUT2D eigenvalue weighted by Crippen LogP contribution is -2.54. The third kappa shape index (κ3) is 2.61. The van der Waals surface area contributed by atoms with Crippen LogP contribution in [-0.2, 0) is 14.3 Å². The number of ether oxygens (including phenoxy) is 1. The van der Waals surface area contributed by atoms with Crippen molar-refractivity contribution in [2.75, 3.05) is 13.2 Å². The van der Waals surface area contributed by atoms with Gasteiger partial charge in [0, 0.05) is 12.6 Å². The summed E-state index contributed by atoms with van der Waals surface area (Å²) < 4.78 is 5.48. The smallest absolute Gasteiger partial charge is 0.243 e. The van der Waals surface area contributed by atoms with Crippen molar-refractivity contribution in [3.05, 3.63) is 0 Å². The summed E-state index contributed by atoms with van der Waals surface area (Å²) in [6.07, 6.45) is 3.27. The number of nitrogens with one attached hydrogen (secondary N) is 1. The predicted octanol–water partition coefficient (Wildman–Crippen LogP) is -0.878. The first-order chi connectivity index (χ1) is 10.1. The van der Waals surface area contributed by atoms with Gasteiger partial charge < -0.3 is 20.7 Å². The summed E-state index contributed by atoms with van der Waals surface area (Å²) in [4.78, 5) is 25.0. The van der Waals surface area contributed by atoms with Crippen LogP contribution >= 0.6 is 0 Å². The van der Waals surface area contributed by atoms with Gasteiger partial charge in [0.05, 0.1) is 18.2 Å². The van der Waals surface area contributed by atoms with Crippen LogP contribution in [-0.4, -0.2) is 54.1 Å². The summed E-state index contributed by atoms with van der Waals surface area (Å²) in [6, 6.07) is 1.82.